The number of cyclic esters (lactones) is 1. The van der Waals surface area contributed by atoms with Crippen LogP contribution in [0.15, 0.2) is 46.0 Å². The van der Waals surface area contributed by atoms with Gasteiger partial charge in [0.15, 0.2) is 0 Å². The van der Waals surface area contributed by atoms with E-state index in [1.165, 1.54) is 16.9 Å². The number of benzene rings is 2. The van der Waals surface area contributed by atoms with Gasteiger partial charge in [0.25, 0.3) is 0 Å². The number of amides is 1. The molecule has 2 aromatic carbocycles. The Bertz CT molecular complexity index is 1050. The fraction of sp³-hybridized carbons (Fsp3) is 0.348. The lowest BCUT2D eigenvalue weighted by molar-refractivity contribution is -0.132. The van der Waals surface area contributed by atoms with Gasteiger partial charge in [0.2, 0.25) is 5.91 Å². The van der Waals surface area contributed by atoms with Crippen molar-refractivity contribution in [3.63, 3.8) is 0 Å². The molecular weight excluding hydrogens is 488 g/mol. The summed E-state index contributed by atoms with van der Waals surface area (Å²) in [7, 11) is 0. The highest BCUT2D eigenvalue weighted by Crippen LogP contribution is 2.31. The van der Waals surface area contributed by atoms with Gasteiger partial charge in [0.05, 0.1) is 17.7 Å². The van der Waals surface area contributed by atoms with E-state index in [0.717, 1.165) is 47.3 Å². The van der Waals surface area contributed by atoms with Crippen molar-refractivity contribution in [3.05, 3.63) is 63.1 Å². The average molecular weight is 515 g/mol. The molecule has 33 heavy (non-hydrogen) atoms. The summed E-state index contributed by atoms with van der Waals surface area (Å²) in [5.41, 5.74) is 4.43. The fourth-order valence-electron chi connectivity index (χ4n) is 4.12. The van der Waals surface area contributed by atoms with E-state index in [0.29, 0.717) is 31.7 Å². The van der Waals surface area contributed by atoms with Crippen LogP contribution in [0.1, 0.15) is 27.0 Å². The quantitative estimate of drug-likeness (QED) is 0.189. The Hall–Kier alpha value is -2.95. The average Bonchev–Trinajstić information content (AvgIpc) is 3.21. The minimum Gasteiger partial charge on any atom is -0.457 e. The van der Waals surface area contributed by atoms with E-state index in [2.05, 4.69) is 25.9 Å². The Balaban J connectivity index is 1.24. The van der Waals surface area contributed by atoms with Crippen LogP contribution < -0.4 is 16.7 Å². The summed E-state index contributed by atoms with van der Waals surface area (Å²) in [6, 6.07) is 11.3. The first-order chi connectivity index (χ1) is 16.0. The molecule has 174 valence electrons. The Labute approximate surface area is 201 Å². The molecule has 10 heteroatoms. The van der Waals surface area contributed by atoms with E-state index < -0.39 is 0 Å². The number of anilines is 1. The summed E-state index contributed by atoms with van der Waals surface area (Å²) < 4.78 is 6.09. The maximum absolute atomic E-state index is 12.7. The molecule has 0 unspecified atom stereocenters. The summed E-state index contributed by atoms with van der Waals surface area (Å²) in [5, 5.41) is 4.71. The van der Waals surface area contributed by atoms with Crippen molar-refractivity contribution in [2.45, 2.75) is 19.4 Å². The predicted molar refractivity (Wildman–Crippen MR) is 129 cm³/mol. The van der Waals surface area contributed by atoms with Crippen LogP contribution in [0.4, 0.5) is 5.69 Å². The van der Waals surface area contributed by atoms with Gasteiger partial charge in [-0.1, -0.05) is 34.1 Å². The summed E-state index contributed by atoms with van der Waals surface area (Å²) in [6.07, 6.45) is 2.55. The number of hydrazine groups is 1. The van der Waals surface area contributed by atoms with Crippen LogP contribution in [0.25, 0.3) is 0 Å². The molecule has 2 heterocycles. The number of carbonyl (C=O) groups is 2. The monoisotopic (exact) mass is 514 g/mol. The number of halogens is 1. The topological polar surface area (TPSA) is 117 Å². The highest BCUT2D eigenvalue weighted by atomic mass is 79.9. The molecule has 2 aliphatic rings. The van der Waals surface area contributed by atoms with Crippen LogP contribution >= 0.6 is 15.9 Å². The molecule has 4 N–H and O–H groups in total. The van der Waals surface area contributed by atoms with Gasteiger partial charge in [-0.3, -0.25) is 14.7 Å². The Morgan fingerprint density at radius 3 is 2.58 bits per heavy atom. The minimum atomic E-state index is -0.253. The first kappa shape index (κ1) is 23.2. The highest BCUT2D eigenvalue weighted by Gasteiger charge is 2.25. The van der Waals surface area contributed by atoms with Crippen molar-refractivity contribution in [2.75, 3.05) is 37.7 Å². The minimum absolute atomic E-state index is 0.126. The number of hydrogen-bond acceptors (Lipinski definition) is 7. The van der Waals surface area contributed by atoms with Crippen LogP contribution in [0.2, 0.25) is 0 Å². The van der Waals surface area contributed by atoms with Gasteiger partial charge in [-0.05, 0) is 35.7 Å². The lowest BCUT2D eigenvalue weighted by atomic mass is 10.0. The molecule has 4 rings (SSSR count). The third kappa shape index (κ3) is 5.35. The molecule has 1 saturated heterocycles. The molecular formula is C23H27BrN6O3. The fourth-order valence-corrected chi connectivity index (χ4v) is 4.78. The third-order valence-electron chi connectivity index (χ3n) is 6.09. The molecule has 0 aliphatic carbocycles. The van der Waals surface area contributed by atoms with Crippen LogP contribution in [-0.4, -0.2) is 60.7 Å². The second-order valence-electron chi connectivity index (χ2n) is 8.13. The summed E-state index contributed by atoms with van der Waals surface area (Å²) in [5.74, 6) is 10.8. The number of carbonyl (C=O) groups excluding carboxylic acids is 2. The van der Waals surface area contributed by atoms with Crippen molar-refractivity contribution in [2.24, 2.45) is 16.8 Å². The summed E-state index contributed by atoms with van der Waals surface area (Å²) in [6.45, 7) is 4.35. The summed E-state index contributed by atoms with van der Waals surface area (Å²) >= 11 is 3.64. The molecule has 9 nitrogen and oxygen atoms in total. The Morgan fingerprint density at radius 2 is 1.88 bits per heavy atom. The predicted octanol–water partition coefficient (Wildman–Crippen LogP) is 1.63. The largest absolute Gasteiger partial charge is 0.457 e. The highest BCUT2D eigenvalue weighted by molar-refractivity contribution is 9.10. The molecule has 0 saturated carbocycles. The van der Waals surface area contributed by atoms with Crippen molar-refractivity contribution in [1.29, 1.82) is 0 Å². The molecule has 0 bridgehead atoms. The number of rotatable bonds is 7. The molecule has 0 spiro atoms. The van der Waals surface area contributed by atoms with Crippen LogP contribution in [0.3, 0.4) is 0 Å². The van der Waals surface area contributed by atoms with Crippen molar-refractivity contribution in [3.8, 4) is 0 Å². The van der Waals surface area contributed by atoms with Crippen molar-refractivity contribution < 1.29 is 14.3 Å². The van der Waals surface area contributed by atoms with Crippen LogP contribution in [0, 0.1) is 0 Å². The van der Waals surface area contributed by atoms with Gasteiger partial charge in [0.1, 0.15) is 12.9 Å². The zero-order valence-corrected chi connectivity index (χ0v) is 19.8. The maximum atomic E-state index is 12.7. The number of piperazine rings is 1. The SMILES string of the molecule is N/N=C\N(N)c1ccc(CC(=O)N2CCN(CCc3ccc4c(c3Br)COC4=O)CC2)cc1. The number of fused-ring (bicyclic) bond motifs is 1. The van der Waals surface area contributed by atoms with Crippen molar-refractivity contribution >= 4 is 39.8 Å². The first-order valence-electron chi connectivity index (χ1n) is 10.8. The van der Waals surface area contributed by atoms with Gasteiger partial charge < -0.3 is 15.5 Å². The van der Waals surface area contributed by atoms with Crippen molar-refractivity contribution in [1.82, 2.24) is 9.80 Å². The smallest absolute Gasteiger partial charge is 0.338 e. The second kappa shape index (κ2) is 10.3. The molecule has 2 aliphatic heterocycles. The number of nitrogens with two attached hydrogens (primary N) is 2. The zero-order chi connectivity index (χ0) is 23.4. The van der Waals surface area contributed by atoms with E-state index in [-0.39, 0.29) is 11.9 Å². The van der Waals surface area contributed by atoms with Gasteiger partial charge in [-0.15, -0.1) is 0 Å². The number of ether oxygens (including phenoxy) is 1. The summed E-state index contributed by atoms with van der Waals surface area (Å²) in [4.78, 5) is 28.7. The zero-order valence-electron chi connectivity index (χ0n) is 18.2. The normalized spacial score (nSPS) is 16.2. The molecule has 1 fully saturated rings. The van der Waals surface area contributed by atoms with E-state index in [1.807, 2.05) is 41.3 Å². The molecule has 1 amide bonds. The standard InChI is InChI=1S/C23H27BrN6O3/c24-22-17(3-6-19-20(22)14-33-23(19)32)7-8-28-9-11-29(12-10-28)21(31)13-16-1-4-18(5-2-16)30(26)15-27-25/h1-6,15H,7-14,25-26H2/b27-15-. The maximum Gasteiger partial charge on any atom is 0.338 e. The van der Waals surface area contributed by atoms with E-state index in [1.54, 1.807) is 0 Å². The second-order valence-corrected chi connectivity index (χ2v) is 8.92. The number of hydrogen-bond donors (Lipinski definition) is 2. The molecule has 0 aromatic heterocycles. The lowest BCUT2D eigenvalue weighted by Gasteiger charge is -2.35. The first-order valence-corrected chi connectivity index (χ1v) is 11.6. The lowest BCUT2D eigenvalue weighted by Crippen LogP contribution is -2.49. The Kier molecular flexibility index (Phi) is 7.26. The van der Waals surface area contributed by atoms with Gasteiger partial charge in [0, 0.05) is 42.8 Å². The van der Waals surface area contributed by atoms with Crippen LogP contribution in [-0.2, 0) is 29.0 Å². The van der Waals surface area contributed by atoms with Crippen LogP contribution in [0.5, 0.6) is 0 Å². The third-order valence-corrected chi connectivity index (χ3v) is 7.08. The van der Waals surface area contributed by atoms with Gasteiger partial charge in [-0.2, -0.15) is 5.10 Å². The molecule has 2 aromatic rings. The van der Waals surface area contributed by atoms with E-state index >= 15 is 0 Å². The van der Waals surface area contributed by atoms with Gasteiger partial charge in [-0.25, -0.2) is 10.6 Å². The molecule has 0 radical (unpaired) electrons. The Morgan fingerprint density at radius 1 is 1.15 bits per heavy atom. The number of hydrazone groups is 1. The van der Waals surface area contributed by atoms with Gasteiger partial charge >= 0.3 is 5.97 Å². The van der Waals surface area contributed by atoms with E-state index in [4.69, 9.17) is 16.4 Å². The number of nitrogens with zero attached hydrogens (tertiary/aromatic N) is 4. The number of esters is 1. The molecule has 0 atom stereocenters. The van der Waals surface area contributed by atoms with E-state index in [9.17, 15) is 9.59 Å².